The fourth-order valence-corrected chi connectivity index (χ4v) is 2.73. The van der Waals surface area contributed by atoms with Gasteiger partial charge in [0.05, 0.1) is 13.2 Å². The van der Waals surface area contributed by atoms with E-state index >= 15 is 0 Å². The first-order chi connectivity index (χ1) is 10.3. The third-order valence-corrected chi connectivity index (χ3v) is 3.99. The molecule has 0 radical (unpaired) electrons. The molecule has 0 fully saturated rings. The highest BCUT2D eigenvalue weighted by atomic mass is 28.3. The van der Waals surface area contributed by atoms with Crippen molar-refractivity contribution in [2.75, 3.05) is 13.2 Å². The minimum Gasteiger partial charge on any atom is -0.480 e. The number of hydrogen-bond acceptors (Lipinski definition) is 4. The summed E-state index contributed by atoms with van der Waals surface area (Å²) in [5.41, 5.74) is 3.38. The minimum atomic E-state index is -1.37. The van der Waals surface area contributed by atoms with E-state index < -0.39 is 8.07 Å². The Labute approximate surface area is 136 Å². The van der Waals surface area contributed by atoms with Gasteiger partial charge in [0.1, 0.15) is 20.2 Å². The van der Waals surface area contributed by atoms with Crippen LogP contribution in [0.1, 0.15) is 34.1 Å². The Morgan fingerprint density at radius 1 is 1.05 bits per heavy atom. The van der Waals surface area contributed by atoms with Crippen LogP contribution in [-0.4, -0.2) is 45.2 Å². The number of hydrogen-bond donors (Lipinski definition) is 0. The lowest BCUT2D eigenvalue weighted by atomic mass is 10.0. The monoisotopic (exact) mass is 322 g/mol. The van der Waals surface area contributed by atoms with Crippen molar-refractivity contribution in [2.45, 2.75) is 65.8 Å². The smallest absolute Gasteiger partial charge is 0.210 e. The highest BCUT2D eigenvalue weighted by Gasteiger charge is 2.31. The Bertz CT molecular complexity index is 481. The molecule has 1 aliphatic rings. The van der Waals surface area contributed by atoms with Crippen molar-refractivity contribution >= 4 is 19.9 Å². The Kier molecular flexibility index (Phi) is 7.14. The predicted molar refractivity (Wildman–Crippen MR) is 96.3 cm³/mol. The Morgan fingerprint density at radius 2 is 1.64 bits per heavy atom. The van der Waals surface area contributed by atoms with Gasteiger partial charge in [-0.3, -0.25) is 0 Å². The summed E-state index contributed by atoms with van der Waals surface area (Å²) in [6, 6.07) is -0.192. The van der Waals surface area contributed by atoms with E-state index in [9.17, 15) is 0 Å². The molecule has 124 valence electrons. The number of ether oxygens (including phenoxy) is 2. The van der Waals surface area contributed by atoms with Crippen LogP contribution in [0.5, 0.6) is 0 Å². The minimum absolute atomic E-state index is 0.0531. The van der Waals surface area contributed by atoms with Crippen molar-refractivity contribution in [3.63, 3.8) is 0 Å². The van der Waals surface area contributed by atoms with Crippen LogP contribution in [0.25, 0.3) is 0 Å². The summed E-state index contributed by atoms with van der Waals surface area (Å²) in [6.45, 7) is 16.1. The van der Waals surface area contributed by atoms with Crippen molar-refractivity contribution in [3.8, 4) is 11.5 Å². The molecule has 0 saturated heterocycles. The average molecular weight is 323 g/mol. The lowest BCUT2D eigenvalue weighted by Crippen LogP contribution is -2.38. The molecule has 0 aromatic heterocycles. The molecule has 0 spiro atoms. The van der Waals surface area contributed by atoms with Crippen LogP contribution in [0.15, 0.2) is 9.98 Å². The van der Waals surface area contributed by atoms with Crippen LogP contribution in [0.2, 0.25) is 19.6 Å². The molecule has 0 bridgehead atoms. The predicted octanol–water partition coefficient (Wildman–Crippen LogP) is 3.53. The second-order valence-electron chi connectivity index (χ2n) is 6.76. The summed E-state index contributed by atoms with van der Waals surface area (Å²) in [5.74, 6) is 5.03. The molecule has 0 saturated carbocycles. The van der Waals surface area contributed by atoms with Crippen molar-refractivity contribution < 1.29 is 9.47 Å². The summed E-state index contributed by atoms with van der Waals surface area (Å²) in [7, 11) is -1.37. The van der Waals surface area contributed by atoms with Crippen LogP contribution >= 0.6 is 0 Å². The quantitative estimate of drug-likeness (QED) is 0.587. The fourth-order valence-electron chi connectivity index (χ4n) is 2.10. The largest absolute Gasteiger partial charge is 0.480 e. The van der Waals surface area contributed by atoms with Crippen LogP contribution in [-0.2, 0) is 9.47 Å². The highest BCUT2D eigenvalue weighted by molar-refractivity contribution is 6.83. The summed E-state index contributed by atoms with van der Waals surface area (Å²) in [5, 5.41) is 0. The molecule has 0 aromatic rings. The van der Waals surface area contributed by atoms with Gasteiger partial charge >= 0.3 is 0 Å². The van der Waals surface area contributed by atoms with E-state index in [1.807, 2.05) is 13.8 Å². The molecule has 1 heterocycles. The summed E-state index contributed by atoms with van der Waals surface area (Å²) < 4.78 is 11.4. The Morgan fingerprint density at radius 3 is 2.14 bits per heavy atom. The topological polar surface area (TPSA) is 43.2 Å². The molecule has 4 nitrogen and oxygen atoms in total. The zero-order valence-corrected chi connectivity index (χ0v) is 16.1. The van der Waals surface area contributed by atoms with Crippen molar-refractivity contribution in [2.24, 2.45) is 15.9 Å². The van der Waals surface area contributed by atoms with Gasteiger partial charge in [-0.25, -0.2) is 9.98 Å². The first-order valence-corrected chi connectivity index (χ1v) is 11.7. The van der Waals surface area contributed by atoms with Gasteiger partial charge in [0.15, 0.2) is 0 Å². The van der Waals surface area contributed by atoms with E-state index in [0.717, 1.165) is 5.90 Å². The lowest BCUT2D eigenvalue weighted by molar-refractivity contribution is 0.276. The van der Waals surface area contributed by atoms with Crippen LogP contribution < -0.4 is 0 Å². The van der Waals surface area contributed by atoms with E-state index in [1.54, 1.807) is 0 Å². The molecule has 1 rings (SSSR count). The van der Waals surface area contributed by atoms with Gasteiger partial charge in [-0.1, -0.05) is 33.5 Å². The molecule has 0 aliphatic carbocycles. The molecular weight excluding hydrogens is 292 g/mol. The molecule has 5 heteroatoms. The molecule has 22 heavy (non-hydrogen) atoms. The Balaban J connectivity index is 2.99. The molecular formula is C17H30N2O2Si. The maximum atomic E-state index is 5.72. The van der Waals surface area contributed by atoms with Crippen LogP contribution in [0.4, 0.5) is 0 Å². The second kappa shape index (κ2) is 8.38. The van der Waals surface area contributed by atoms with Gasteiger partial charge in [0, 0.05) is 6.42 Å². The maximum absolute atomic E-state index is 5.72. The van der Waals surface area contributed by atoms with Gasteiger partial charge in [-0.15, -0.1) is 11.5 Å². The number of rotatable bonds is 4. The third-order valence-electron chi connectivity index (χ3n) is 3.06. The van der Waals surface area contributed by atoms with Crippen molar-refractivity contribution in [3.05, 3.63) is 0 Å². The first kappa shape index (κ1) is 18.8. The van der Waals surface area contributed by atoms with Gasteiger partial charge < -0.3 is 9.47 Å². The maximum Gasteiger partial charge on any atom is 0.210 e. The molecule has 0 unspecified atom stereocenters. The van der Waals surface area contributed by atoms with Gasteiger partial charge in [0.2, 0.25) is 11.8 Å². The molecule has 1 aliphatic heterocycles. The molecule has 0 N–H and O–H groups in total. The van der Waals surface area contributed by atoms with E-state index in [4.69, 9.17) is 19.5 Å². The molecule has 2 atom stereocenters. The summed E-state index contributed by atoms with van der Waals surface area (Å²) in [6.07, 6.45) is 0.643. The van der Waals surface area contributed by atoms with Crippen molar-refractivity contribution in [1.82, 2.24) is 0 Å². The van der Waals surface area contributed by atoms with Gasteiger partial charge in [-0.2, -0.15) is 0 Å². The second-order valence-corrected chi connectivity index (χ2v) is 11.5. The Hall–Kier alpha value is -1.28. The summed E-state index contributed by atoms with van der Waals surface area (Å²) in [4.78, 5) is 9.50. The summed E-state index contributed by atoms with van der Waals surface area (Å²) >= 11 is 0. The first-order valence-electron chi connectivity index (χ1n) is 8.19. The van der Waals surface area contributed by atoms with E-state index in [2.05, 4.69) is 45.0 Å². The highest BCUT2D eigenvalue weighted by Crippen LogP contribution is 2.19. The van der Waals surface area contributed by atoms with Crippen molar-refractivity contribution in [1.29, 1.82) is 0 Å². The standard InChI is InChI=1S/C17H30N2O2Si/c1-8-20-16-14(11-10-12-22(5,6)7)18-17(21-9-2)15(19-16)13(3)4/h13-15H,8-9,11H2,1-7H3/t14-,15+/m1/s1. The van der Waals surface area contributed by atoms with Gasteiger partial charge in [-0.05, 0) is 19.8 Å². The van der Waals surface area contributed by atoms with Crippen LogP contribution in [0.3, 0.4) is 0 Å². The number of nitrogens with zero attached hydrogens (tertiary/aromatic N) is 2. The van der Waals surface area contributed by atoms with Crippen LogP contribution in [0, 0.1) is 17.4 Å². The fraction of sp³-hybridized carbons (Fsp3) is 0.765. The molecule has 0 amide bonds. The normalized spacial score (nSPS) is 21.6. The number of aliphatic imine (C=N–C) groups is 2. The van der Waals surface area contributed by atoms with E-state index in [-0.39, 0.29) is 12.1 Å². The average Bonchev–Trinajstić information content (AvgIpc) is 2.40. The zero-order chi connectivity index (χ0) is 16.8. The van der Waals surface area contributed by atoms with Gasteiger partial charge in [0.25, 0.3) is 0 Å². The SMILES string of the molecule is CCOC1=N[C@H](CC#C[Si](C)(C)C)C(OCC)=N[C@H]1C(C)C. The van der Waals surface area contributed by atoms with E-state index in [0.29, 0.717) is 31.5 Å². The molecule has 0 aromatic carbocycles. The third kappa shape index (κ3) is 5.84. The van der Waals surface area contributed by atoms with E-state index in [1.165, 1.54) is 0 Å². The lowest BCUT2D eigenvalue weighted by Gasteiger charge is -2.27. The zero-order valence-electron chi connectivity index (χ0n) is 15.1.